The minimum atomic E-state index is -0.0999. The third-order valence-electron chi connectivity index (χ3n) is 5.42. The Hall–Kier alpha value is -2.38. The second kappa shape index (κ2) is 8.32. The van der Waals surface area contributed by atoms with E-state index in [0.29, 0.717) is 18.7 Å². The number of urea groups is 1. The second-order valence-corrected chi connectivity index (χ2v) is 8.54. The highest BCUT2D eigenvalue weighted by Crippen LogP contribution is 2.24. The Kier molecular flexibility index (Phi) is 5.64. The van der Waals surface area contributed by atoms with Gasteiger partial charge >= 0.3 is 6.03 Å². The Bertz CT molecular complexity index is 852. The Labute approximate surface area is 169 Å². The van der Waals surface area contributed by atoms with Gasteiger partial charge in [0, 0.05) is 48.3 Å². The molecule has 1 aromatic carbocycles. The predicted molar refractivity (Wildman–Crippen MR) is 112 cm³/mol. The number of hydrogen-bond donors (Lipinski definition) is 2. The summed E-state index contributed by atoms with van der Waals surface area (Å²) in [6, 6.07) is 9.89. The maximum atomic E-state index is 12.8. The van der Waals surface area contributed by atoms with Crippen LogP contribution in [0.3, 0.4) is 0 Å². The molecule has 0 aliphatic carbocycles. The van der Waals surface area contributed by atoms with Gasteiger partial charge in [0.2, 0.25) is 0 Å². The molecule has 4 rings (SSSR count). The number of thiophene rings is 1. The van der Waals surface area contributed by atoms with Crippen molar-refractivity contribution in [2.75, 3.05) is 31.1 Å². The van der Waals surface area contributed by atoms with Gasteiger partial charge in [-0.1, -0.05) is 12.1 Å². The highest BCUT2D eigenvalue weighted by molar-refractivity contribution is 7.09. The number of carbonyl (C=O) groups excluding carboxylic acids is 2. The third-order valence-corrected chi connectivity index (χ3v) is 6.28. The number of likely N-dealkylation sites (tertiary alicyclic amines) is 1. The van der Waals surface area contributed by atoms with Crippen LogP contribution in [-0.2, 0) is 6.54 Å². The maximum absolute atomic E-state index is 12.8. The van der Waals surface area contributed by atoms with E-state index in [-0.39, 0.29) is 18.0 Å². The van der Waals surface area contributed by atoms with E-state index in [0.717, 1.165) is 43.7 Å². The first kappa shape index (κ1) is 19.0. The lowest BCUT2D eigenvalue weighted by Crippen LogP contribution is -2.47. The molecule has 3 heterocycles. The van der Waals surface area contributed by atoms with E-state index >= 15 is 0 Å². The number of anilines is 1. The summed E-state index contributed by atoms with van der Waals surface area (Å²) in [5.41, 5.74) is 2.41. The molecule has 2 aromatic rings. The van der Waals surface area contributed by atoms with Crippen LogP contribution in [0.1, 0.15) is 33.6 Å². The molecule has 0 saturated carbocycles. The molecule has 3 amide bonds. The monoisotopic (exact) mass is 398 g/mol. The summed E-state index contributed by atoms with van der Waals surface area (Å²) in [4.78, 5) is 30.3. The summed E-state index contributed by atoms with van der Waals surface area (Å²) < 4.78 is 0. The number of rotatable bonds is 5. The molecule has 2 aliphatic rings. The summed E-state index contributed by atoms with van der Waals surface area (Å²) in [5, 5.41) is 8.12. The smallest absolute Gasteiger partial charge is 0.322 e. The zero-order valence-corrected chi connectivity index (χ0v) is 16.9. The highest BCUT2D eigenvalue weighted by atomic mass is 32.1. The van der Waals surface area contributed by atoms with Gasteiger partial charge in [-0.15, -0.1) is 11.3 Å². The topological polar surface area (TPSA) is 64.7 Å². The largest absolute Gasteiger partial charge is 0.348 e. The maximum Gasteiger partial charge on any atom is 0.322 e. The first-order valence-corrected chi connectivity index (χ1v) is 10.7. The number of amides is 3. The fourth-order valence-corrected chi connectivity index (χ4v) is 4.70. The van der Waals surface area contributed by atoms with E-state index in [9.17, 15) is 9.59 Å². The van der Waals surface area contributed by atoms with Gasteiger partial charge in [0.25, 0.3) is 5.91 Å². The number of nitrogens with zero attached hydrogens (tertiary/aromatic N) is 2. The molecule has 2 aliphatic heterocycles. The zero-order chi connectivity index (χ0) is 19.5. The van der Waals surface area contributed by atoms with Crippen LogP contribution in [0.5, 0.6) is 0 Å². The summed E-state index contributed by atoms with van der Waals surface area (Å²) in [5.74, 6) is -0.0659. The average molecular weight is 399 g/mol. The molecule has 2 saturated heterocycles. The number of hydrogen-bond acceptors (Lipinski definition) is 4. The van der Waals surface area contributed by atoms with Crippen LogP contribution < -0.4 is 15.5 Å². The standard InChI is InChI=1S/C21H26N4O2S/c1-15-6-7-16(12-19(15)25-10-8-22-21(25)27)20(26)23-17-4-2-9-24(13-17)14-18-5-3-11-28-18/h3,5-7,11-12,17H,2,4,8-10,13-14H2,1H3,(H,22,27)(H,23,26)/t17-/m0/s1. The van der Waals surface area contributed by atoms with Gasteiger partial charge in [-0.2, -0.15) is 0 Å². The number of benzene rings is 1. The first-order valence-electron chi connectivity index (χ1n) is 9.82. The van der Waals surface area contributed by atoms with Crippen molar-refractivity contribution >= 4 is 29.0 Å². The molecule has 2 fully saturated rings. The molecule has 1 atom stereocenters. The van der Waals surface area contributed by atoms with Gasteiger partial charge < -0.3 is 10.6 Å². The van der Waals surface area contributed by atoms with Crippen molar-refractivity contribution in [2.24, 2.45) is 0 Å². The van der Waals surface area contributed by atoms with Crippen LogP contribution in [0.2, 0.25) is 0 Å². The van der Waals surface area contributed by atoms with E-state index in [1.54, 1.807) is 16.2 Å². The van der Waals surface area contributed by atoms with Gasteiger partial charge in [0.05, 0.1) is 0 Å². The molecule has 0 bridgehead atoms. The fraction of sp³-hybridized carbons (Fsp3) is 0.429. The Balaban J connectivity index is 1.41. The molecule has 0 spiro atoms. The van der Waals surface area contributed by atoms with E-state index in [1.165, 1.54) is 4.88 Å². The summed E-state index contributed by atoms with van der Waals surface area (Å²) >= 11 is 1.78. The van der Waals surface area contributed by atoms with Crippen LogP contribution >= 0.6 is 11.3 Å². The lowest BCUT2D eigenvalue weighted by molar-refractivity contribution is 0.0901. The van der Waals surface area contributed by atoms with E-state index in [1.807, 2.05) is 25.1 Å². The lowest BCUT2D eigenvalue weighted by atomic mass is 10.0. The lowest BCUT2D eigenvalue weighted by Gasteiger charge is -2.33. The first-order chi connectivity index (χ1) is 13.6. The minimum Gasteiger partial charge on any atom is -0.348 e. The molecule has 28 heavy (non-hydrogen) atoms. The second-order valence-electron chi connectivity index (χ2n) is 7.51. The Morgan fingerprint density at radius 3 is 2.96 bits per heavy atom. The van der Waals surface area contributed by atoms with E-state index in [2.05, 4.69) is 33.0 Å². The fourth-order valence-electron chi connectivity index (χ4n) is 3.95. The predicted octanol–water partition coefficient (Wildman–Crippen LogP) is 2.98. The Morgan fingerprint density at radius 2 is 2.21 bits per heavy atom. The molecular formula is C21H26N4O2S. The van der Waals surface area contributed by atoms with Gasteiger partial charge in [-0.25, -0.2) is 4.79 Å². The van der Waals surface area contributed by atoms with E-state index < -0.39 is 0 Å². The molecule has 6 nitrogen and oxygen atoms in total. The zero-order valence-electron chi connectivity index (χ0n) is 16.1. The molecule has 148 valence electrons. The quantitative estimate of drug-likeness (QED) is 0.814. The van der Waals surface area contributed by atoms with Crippen molar-refractivity contribution in [3.8, 4) is 0 Å². The number of piperidine rings is 1. The van der Waals surface area contributed by atoms with Gasteiger partial charge in [-0.3, -0.25) is 14.6 Å². The molecule has 1 aromatic heterocycles. The van der Waals surface area contributed by atoms with Gasteiger partial charge in [0.1, 0.15) is 0 Å². The van der Waals surface area contributed by atoms with Gasteiger partial charge in [-0.05, 0) is 55.5 Å². The summed E-state index contributed by atoms with van der Waals surface area (Å²) in [7, 11) is 0. The average Bonchev–Trinajstić information content (AvgIpc) is 3.34. The molecule has 2 N–H and O–H groups in total. The molecule has 0 radical (unpaired) electrons. The minimum absolute atomic E-state index is 0.0659. The van der Waals surface area contributed by atoms with E-state index in [4.69, 9.17) is 0 Å². The molecule has 7 heteroatoms. The van der Waals surface area contributed by atoms with Crippen LogP contribution in [0.25, 0.3) is 0 Å². The van der Waals surface area contributed by atoms with Crippen LogP contribution in [0.15, 0.2) is 35.7 Å². The van der Waals surface area contributed by atoms with Crippen molar-refractivity contribution in [3.05, 3.63) is 51.7 Å². The highest BCUT2D eigenvalue weighted by Gasteiger charge is 2.25. The summed E-state index contributed by atoms with van der Waals surface area (Å²) in [6.45, 7) is 6.12. The molecular weight excluding hydrogens is 372 g/mol. The summed E-state index contributed by atoms with van der Waals surface area (Å²) in [6.07, 6.45) is 2.09. The van der Waals surface area contributed by atoms with Crippen molar-refractivity contribution < 1.29 is 9.59 Å². The van der Waals surface area contributed by atoms with Crippen LogP contribution in [0, 0.1) is 6.92 Å². The SMILES string of the molecule is Cc1ccc(C(=O)N[C@H]2CCCN(Cc3cccs3)C2)cc1N1CCNC1=O. The Morgan fingerprint density at radius 1 is 1.32 bits per heavy atom. The number of aryl methyl sites for hydroxylation is 1. The van der Waals surface area contributed by atoms with Crippen molar-refractivity contribution in [2.45, 2.75) is 32.4 Å². The van der Waals surface area contributed by atoms with Crippen molar-refractivity contribution in [1.82, 2.24) is 15.5 Å². The number of nitrogens with one attached hydrogen (secondary N) is 2. The van der Waals surface area contributed by atoms with Crippen LogP contribution in [-0.4, -0.2) is 49.1 Å². The normalized spacial score (nSPS) is 20.2. The van der Waals surface area contributed by atoms with Crippen molar-refractivity contribution in [1.29, 1.82) is 0 Å². The van der Waals surface area contributed by atoms with Gasteiger partial charge in [0.15, 0.2) is 0 Å². The third kappa shape index (κ3) is 4.20. The number of carbonyl (C=O) groups is 2. The van der Waals surface area contributed by atoms with Crippen LogP contribution in [0.4, 0.5) is 10.5 Å². The molecule has 0 unspecified atom stereocenters. The van der Waals surface area contributed by atoms with Crippen molar-refractivity contribution in [3.63, 3.8) is 0 Å².